The first-order valence-corrected chi connectivity index (χ1v) is 11.7. The molecule has 0 unspecified atom stereocenters. The van der Waals surface area contributed by atoms with Crippen molar-refractivity contribution < 1.29 is 22.3 Å². The van der Waals surface area contributed by atoms with Crippen LogP contribution < -0.4 is 9.64 Å². The van der Waals surface area contributed by atoms with Gasteiger partial charge in [-0.15, -0.1) is 0 Å². The highest BCUT2D eigenvalue weighted by atomic mass is 32.2. The average Bonchev–Trinajstić information content (AvgIpc) is 3.30. The normalized spacial score (nSPS) is 17.0. The number of sulfonamides is 1. The zero-order valence-corrected chi connectivity index (χ0v) is 17.5. The number of amides is 1. The Morgan fingerprint density at radius 3 is 2.47 bits per heavy atom. The summed E-state index contributed by atoms with van der Waals surface area (Å²) in [5.41, 5.74) is 1.66. The quantitative estimate of drug-likeness (QED) is 0.702. The van der Waals surface area contributed by atoms with Gasteiger partial charge >= 0.3 is 0 Å². The van der Waals surface area contributed by atoms with Crippen LogP contribution in [0.15, 0.2) is 47.4 Å². The predicted molar refractivity (Wildman–Crippen MR) is 112 cm³/mol. The third-order valence-electron chi connectivity index (χ3n) is 5.57. The van der Waals surface area contributed by atoms with Gasteiger partial charge in [-0.05, 0) is 73.7 Å². The first kappa shape index (κ1) is 20.8. The molecule has 30 heavy (non-hydrogen) atoms. The Bertz CT molecular complexity index is 1020. The summed E-state index contributed by atoms with van der Waals surface area (Å²) in [5.74, 6) is 0.0997. The Labute approximate surface area is 176 Å². The Morgan fingerprint density at radius 2 is 1.73 bits per heavy atom. The maximum atomic E-state index is 13.0. The molecule has 8 heteroatoms. The van der Waals surface area contributed by atoms with Crippen LogP contribution in [0, 0.1) is 5.82 Å². The molecule has 0 radical (unpaired) electrons. The number of fused-ring (bicyclic) bond motifs is 1. The molecule has 1 saturated heterocycles. The lowest BCUT2D eigenvalue weighted by molar-refractivity contribution is -0.119. The lowest BCUT2D eigenvalue weighted by Gasteiger charge is -2.30. The average molecular weight is 433 g/mol. The molecule has 2 aromatic rings. The van der Waals surface area contributed by atoms with Gasteiger partial charge in [-0.1, -0.05) is 0 Å². The largest absolute Gasteiger partial charge is 0.493 e. The summed E-state index contributed by atoms with van der Waals surface area (Å²) in [7, 11) is -3.47. The van der Waals surface area contributed by atoms with Gasteiger partial charge in [0.25, 0.3) is 0 Å². The van der Waals surface area contributed by atoms with Gasteiger partial charge in [0.1, 0.15) is 11.6 Å². The fourth-order valence-electron chi connectivity index (χ4n) is 3.99. The predicted octanol–water partition coefficient (Wildman–Crippen LogP) is 3.36. The summed E-state index contributed by atoms with van der Waals surface area (Å²) in [6, 6.07) is 10.7. The fraction of sp³-hybridized carbons (Fsp3) is 0.409. The van der Waals surface area contributed by atoms with Crippen molar-refractivity contribution in [1.29, 1.82) is 0 Å². The van der Waals surface area contributed by atoms with Gasteiger partial charge < -0.3 is 9.64 Å². The van der Waals surface area contributed by atoms with Crippen molar-refractivity contribution in [3.63, 3.8) is 0 Å². The molecular formula is C22H25FN2O4S. The van der Waals surface area contributed by atoms with E-state index in [1.807, 2.05) is 0 Å². The van der Waals surface area contributed by atoms with E-state index in [0.717, 1.165) is 36.9 Å². The Hall–Kier alpha value is -2.45. The van der Waals surface area contributed by atoms with Gasteiger partial charge in [-0.25, -0.2) is 12.8 Å². The Morgan fingerprint density at radius 1 is 1.00 bits per heavy atom. The minimum absolute atomic E-state index is 0.0757. The number of anilines is 1. The summed E-state index contributed by atoms with van der Waals surface area (Å²) in [5, 5.41) is 0. The van der Waals surface area contributed by atoms with Crippen molar-refractivity contribution in [2.24, 2.45) is 0 Å². The van der Waals surface area contributed by atoms with Crippen molar-refractivity contribution >= 4 is 21.6 Å². The van der Waals surface area contributed by atoms with Gasteiger partial charge in [-0.3, -0.25) is 4.79 Å². The number of rotatable bonds is 6. The highest BCUT2D eigenvalue weighted by molar-refractivity contribution is 7.89. The van der Waals surface area contributed by atoms with E-state index in [4.69, 9.17) is 4.74 Å². The highest BCUT2D eigenvalue weighted by Gasteiger charge is 2.29. The smallest absolute Gasteiger partial charge is 0.243 e. The number of carbonyl (C=O) groups excluding carboxylic acids is 1. The molecule has 6 nitrogen and oxygen atoms in total. The van der Waals surface area contributed by atoms with Gasteiger partial charge in [0, 0.05) is 25.3 Å². The van der Waals surface area contributed by atoms with E-state index in [1.54, 1.807) is 23.1 Å². The van der Waals surface area contributed by atoms with E-state index in [-0.39, 0.29) is 24.8 Å². The number of carbonyl (C=O) groups is 1. The number of ether oxygens (including phenoxy) is 1. The SMILES string of the molecule is O=C(CCOc1ccc(F)cc1)N1CCCc2cc(S(=O)(=O)N3CCCC3)ccc21. The monoisotopic (exact) mass is 432 g/mol. The molecule has 2 aliphatic heterocycles. The van der Waals surface area contributed by atoms with Crippen LogP contribution in [0.1, 0.15) is 31.2 Å². The number of hydrogen-bond donors (Lipinski definition) is 0. The van der Waals surface area contributed by atoms with Crippen LogP contribution in [0.3, 0.4) is 0 Å². The molecule has 0 spiro atoms. The molecule has 0 N–H and O–H groups in total. The summed E-state index contributed by atoms with van der Waals surface area (Å²) >= 11 is 0. The molecule has 4 rings (SSSR count). The van der Waals surface area contributed by atoms with Crippen molar-refractivity contribution in [3.05, 3.63) is 53.8 Å². The third-order valence-corrected chi connectivity index (χ3v) is 7.47. The minimum Gasteiger partial charge on any atom is -0.493 e. The molecule has 0 aliphatic carbocycles. The number of benzene rings is 2. The van der Waals surface area contributed by atoms with E-state index < -0.39 is 10.0 Å². The standard InChI is InChI=1S/C22H25FN2O4S/c23-18-5-7-19(8-6-18)29-15-11-22(26)25-14-3-4-17-16-20(9-10-21(17)25)30(27,28)24-12-1-2-13-24/h5-10,16H,1-4,11-15H2. The number of hydrogen-bond acceptors (Lipinski definition) is 4. The topological polar surface area (TPSA) is 66.9 Å². The van der Waals surface area contributed by atoms with Crippen molar-refractivity contribution in [1.82, 2.24) is 4.31 Å². The third kappa shape index (κ3) is 4.34. The van der Waals surface area contributed by atoms with Crippen LogP contribution in [0.25, 0.3) is 0 Å². The van der Waals surface area contributed by atoms with Crippen molar-refractivity contribution in [3.8, 4) is 5.75 Å². The van der Waals surface area contributed by atoms with E-state index in [1.165, 1.54) is 28.6 Å². The lowest BCUT2D eigenvalue weighted by atomic mass is 10.0. The molecular weight excluding hydrogens is 407 g/mol. The second-order valence-electron chi connectivity index (χ2n) is 7.60. The molecule has 1 fully saturated rings. The Balaban J connectivity index is 1.44. The Kier molecular flexibility index (Phi) is 6.06. The molecule has 0 bridgehead atoms. The fourth-order valence-corrected chi connectivity index (χ4v) is 5.56. The number of halogens is 1. The molecule has 2 aromatic carbocycles. The van der Waals surface area contributed by atoms with Crippen LogP contribution in [-0.2, 0) is 21.2 Å². The van der Waals surface area contributed by atoms with Crippen LogP contribution >= 0.6 is 0 Å². The number of nitrogens with zero attached hydrogens (tertiary/aromatic N) is 2. The molecule has 0 saturated carbocycles. The van der Waals surface area contributed by atoms with E-state index >= 15 is 0 Å². The van der Waals surface area contributed by atoms with Crippen LogP contribution in [0.4, 0.5) is 10.1 Å². The second kappa shape index (κ2) is 8.73. The molecule has 2 heterocycles. The highest BCUT2D eigenvalue weighted by Crippen LogP contribution is 2.31. The first-order valence-electron chi connectivity index (χ1n) is 10.3. The summed E-state index contributed by atoms with van der Waals surface area (Å²) in [6.07, 6.45) is 3.50. The summed E-state index contributed by atoms with van der Waals surface area (Å²) in [6.45, 7) is 1.93. The summed E-state index contributed by atoms with van der Waals surface area (Å²) < 4.78 is 45.7. The number of aryl methyl sites for hydroxylation is 1. The molecule has 1 amide bonds. The molecule has 160 valence electrons. The van der Waals surface area contributed by atoms with Gasteiger partial charge in [0.15, 0.2) is 0 Å². The van der Waals surface area contributed by atoms with Crippen LogP contribution in [0.5, 0.6) is 5.75 Å². The first-order chi connectivity index (χ1) is 14.4. The molecule has 0 atom stereocenters. The summed E-state index contributed by atoms with van der Waals surface area (Å²) in [4.78, 5) is 14.8. The second-order valence-corrected chi connectivity index (χ2v) is 9.54. The van der Waals surface area contributed by atoms with Gasteiger partial charge in [-0.2, -0.15) is 4.31 Å². The molecule has 0 aromatic heterocycles. The van der Waals surface area contributed by atoms with E-state index in [9.17, 15) is 17.6 Å². The maximum absolute atomic E-state index is 13.0. The maximum Gasteiger partial charge on any atom is 0.243 e. The van der Waals surface area contributed by atoms with Crippen molar-refractivity contribution in [2.45, 2.75) is 37.0 Å². The van der Waals surface area contributed by atoms with E-state index in [0.29, 0.717) is 30.3 Å². The van der Waals surface area contributed by atoms with E-state index in [2.05, 4.69) is 0 Å². The minimum atomic E-state index is -3.47. The van der Waals surface area contributed by atoms with Gasteiger partial charge in [0.2, 0.25) is 15.9 Å². The zero-order chi connectivity index (χ0) is 21.1. The van der Waals surface area contributed by atoms with Crippen molar-refractivity contribution in [2.75, 3.05) is 31.1 Å². The zero-order valence-electron chi connectivity index (χ0n) is 16.7. The molecule has 2 aliphatic rings. The van der Waals surface area contributed by atoms with Crippen LogP contribution in [-0.4, -0.2) is 44.9 Å². The van der Waals surface area contributed by atoms with Crippen LogP contribution in [0.2, 0.25) is 0 Å². The lowest BCUT2D eigenvalue weighted by Crippen LogP contribution is -2.36. The van der Waals surface area contributed by atoms with Gasteiger partial charge in [0.05, 0.1) is 17.9 Å².